The fourth-order valence-corrected chi connectivity index (χ4v) is 1.13. The molecule has 0 radical (unpaired) electrons. The SMILES string of the molecule is Cc1n[nH]c(Cl)c1C=NC(C#N)=C(N)C#N. The van der Waals surface area contributed by atoms with E-state index in [-0.39, 0.29) is 11.4 Å². The fourth-order valence-electron chi connectivity index (χ4n) is 0.903. The second kappa shape index (κ2) is 4.96. The molecule has 0 unspecified atom stereocenters. The summed E-state index contributed by atoms with van der Waals surface area (Å²) in [5, 5.41) is 23.9. The number of aromatic nitrogens is 2. The number of rotatable bonds is 2. The van der Waals surface area contributed by atoms with Gasteiger partial charge in [-0.25, -0.2) is 4.99 Å². The van der Waals surface area contributed by atoms with Crippen LogP contribution >= 0.6 is 11.6 Å². The Kier molecular flexibility index (Phi) is 3.65. The van der Waals surface area contributed by atoms with Gasteiger partial charge in [0.15, 0.2) is 5.70 Å². The first kappa shape index (κ1) is 11.8. The summed E-state index contributed by atoms with van der Waals surface area (Å²) in [4.78, 5) is 3.78. The molecule has 0 saturated carbocycles. The van der Waals surface area contributed by atoms with Gasteiger partial charge in [0.1, 0.15) is 23.0 Å². The summed E-state index contributed by atoms with van der Waals surface area (Å²) < 4.78 is 0. The molecule has 3 N–H and O–H groups in total. The van der Waals surface area contributed by atoms with E-state index in [0.717, 1.165) is 0 Å². The lowest BCUT2D eigenvalue weighted by atomic mass is 10.3. The summed E-state index contributed by atoms with van der Waals surface area (Å²) in [6, 6.07) is 3.35. The van der Waals surface area contributed by atoms with E-state index in [9.17, 15) is 0 Å². The Hall–Kier alpha value is -2.31. The van der Waals surface area contributed by atoms with Crippen molar-refractivity contribution in [1.29, 1.82) is 10.5 Å². The van der Waals surface area contributed by atoms with Gasteiger partial charge in [0.05, 0.1) is 11.3 Å². The lowest BCUT2D eigenvalue weighted by Crippen LogP contribution is -1.97. The van der Waals surface area contributed by atoms with Gasteiger partial charge in [-0.05, 0) is 6.92 Å². The quantitative estimate of drug-likeness (QED) is 0.587. The van der Waals surface area contributed by atoms with Crippen LogP contribution in [0.1, 0.15) is 11.3 Å². The molecule has 1 aromatic heterocycles. The number of nitrogens with one attached hydrogen (secondary N) is 1. The molecule has 0 aliphatic rings. The molecule has 0 spiro atoms. The van der Waals surface area contributed by atoms with Gasteiger partial charge in [-0.15, -0.1) is 0 Å². The first-order valence-corrected chi connectivity index (χ1v) is 4.52. The largest absolute Gasteiger partial charge is 0.388 e. The standard InChI is InChI=1S/C9H7ClN6/c1-5-6(9(10)16-15-5)4-14-8(3-12)7(13)2-11/h4H,13H2,1H3,(H,15,16). The normalized spacial score (nSPS) is 12.0. The van der Waals surface area contributed by atoms with Crippen LogP contribution in [-0.2, 0) is 0 Å². The monoisotopic (exact) mass is 234 g/mol. The Balaban J connectivity index is 3.08. The number of allylic oxidation sites excluding steroid dienone is 2. The van der Waals surface area contributed by atoms with Crippen LogP contribution in [0.25, 0.3) is 0 Å². The van der Waals surface area contributed by atoms with Crippen molar-refractivity contribution < 1.29 is 0 Å². The lowest BCUT2D eigenvalue weighted by molar-refractivity contribution is 1.05. The minimum Gasteiger partial charge on any atom is -0.388 e. The molecule has 0 bridgehead atoms. The van der Waals surface area contributed by atoms with Crippen LogP contribution in [0.15, 0.2) is 16.4 Å². The van der Waals surface area contributed by atoms with Gasteiger partial charge >= 0.3 is 0 Å². The number of aromatic amines is 1. The highest BCUT2D eigenvalue weighted by Gasteiger charge is 2.06. The maximum Gasteiger partial charge on any atom is 0.174 e. The first-order valence-electron chi connectivity index (χ1n) is 4.14. The minimum absolute atomic E-state index is 0.154. The van der Waals surface area contributed by atoms with Crippen LogP contribution in [0.4, 0.5) is 0 Å². The molecule has 1 aromatic rings. The van der Waals surface area contributed by atoms with Crippen molar-refractivity contribution in [2.75, 3.05) is 0 Å². The molecule has 6 nitrogen and oxygen atoms in total. The third kappa shape index (κ3) is 2.38. The second-order valence-electron chi connectivity index (χ2n) is 2.78. The number of nitriles is 2. The maximum atomic E-state index is 8.69. The third-order valence-corrected chi connectivity index (χ3v) is 2.04. The molecule has 0 atom stereocenters. The first-order chi connectivity index (χ1) is 7.60. The van der Waals surface area contributed by atoms with Gasteiger partial charge < -0.3 is 5.73 Å². The molecule has 0 amide bonds. The van der Waals surface area contributed by atoms with E-state index in [1.54, 1.807) is 19.1 Å². The Morgan fingerprint density at radius 2 is 2.25 bits per heavy atom. The number of nitrogens with two attached hydrogens (primary N) is 1. The zero-order chi connectivity index (χ0) is 12.1. The zero-order valence-corrected chi connectivity index (χ0v) is 9.08. The van der Waals surface area contributed by atoms with Crippen molar-refractivity contribution in [3.63, 3.8) is 0 Å². The summed E-state index contributed by atoms with van der Waals surface area (Å²) in [5.74, 6) is 0. The Labute approximate surface area is 96.7 Å². The van der Waals surface area contributed by atoms with Gasteiger partial charge in [-0.3, -0.25) is 5.10 Å². The molecule has 0 aliphatic carbocycles. The molecule has 1 rings (SSSR count). The van der Waals surface area contributed by atoms with E-state index in [4.69, 9.17) is 27.9 Å². The van der Waals surface area contributed by atoms with E-state index in [1.807, 2.05) is 0 Å². The summed E-state index contributed by atoms with van der Waals surface area (Å²) in [5.41, 5.74) is 6.07. The minimum atomic E-state index is -0.240. The van der Waals surface area contributed by atoms with E-state index in [1.165, 1.54) is 6.21 Å². The van der Waals surface area contributed by atoms with Gasteiger partial charge in [-0.1, -0.05) is 11.6 Å². The van der Waals surface area contributed by atoms with Crippen LogP contribution in [0, 0.1) is 29.6 Å². The van der Waals surface area contributed by atoms with Crippen LogP contribution in [-0.4, -0.2) is 16.4 Å². The number of halogens is 1. The summed E-state index contributed by atoms with van der Waals surface area (Å²) in [6.45, 7) is 1.73. The summed E-state index contributed by atoms with van der Waals surface area (Å²) in [7, 11) is 0. The van der Waals surface area contributed by atoms with Crippen LogP contribution in [0.2, 0.25) is 5.15 Å². The highest BCUT2D eigenvalue weighted by atomic mass is 35.5. The van der Waals surface area contributed by atoms with Gasteiger partial charge in [0.25, 0.3) is 0 Å². The number of hydrogen-bond acceptors (Lipinski definition) is 5. The molecular weight excluding hydrogens is 228 g/mol. The molecule has 0 saturated heterocycles. The highest BCUT2D eigenvalue weighted by molar-refractivity contribution is 6.32. The summed E-state index contributed by atoms with van der Waals surface area (Å²) >= 11 is 5.78. The summed E-state index contributed by atoms with van der Waals surface area (Å²) in [6.07, 6.45) is 1.34. The topological polar surface area (TPSA) is 115 Å². The Morgan fingerprint density at radius 1 is 1.56 bits per heavy atom. The van der Waals surface area contributed by atoms with Gasteiger partial charge in [0, 0.05) is 6.21 Å². The van der Waals surface area contributed by atoms with E-state index >= 15 is 0 Å². The average molecular weight is 235 g/mol. The average Bonchev–Trinajstić information content (AvgIpc) is 2.60. The molecule has 0 aromatic carbocycles. The van der Waals surface area contributed by atoms with Gasteiger partial charge in [0.2, 0.25) is 0 Å². The van der Waals surface area contributed by atoms with Crippen LogP contribution in [0.5, 0.6) is 0 Å². The molecular formula is C9H7ClN6. The van der Waals surface area contributed by atoms with Crippen molar-refractivity contribution in [2.45, 2.75) is 6.92 Å². The van der Waals surface area contributed by atoms with Crippen LogP contribution in [0.3, 0.4) is 0 Å². The Bertz CT molecular complexity index is 520. The van der Waals surface area contributed by atoms with Crippen molar-refractivity contribution in [3.8, 4) is 12.1 Å². The lowest BCUT2D eigenvalue weighted by Gasteiger charge is -1.91. The van der Waals surface area contributed by atoms with E-state index in [0.29, 0.717) is 16.4 Å². The maximum absolute atomic E-state index is 8.69. The van der Waals surface area contributed by atoms with Gasteiger partial charge in [-0.2, -0.15) is 15.6 Å². The predicted molar refractivity (Wildman–Crippen MR) is 58.4 cm³/mol. The van der Waals surface area contributed by atoms with Crippen molar-refractivity contribution in [2.24, 2.45) is 10.7 Å². The molecule has 0 fully saturated rings. The number of hydrogen-bond donors (Lipinski definition) is 2. The number of H-pyrrole nitrogens is 1. The fraction of sp³-hybridized carbons (Fsp3) is 0.111. The second-order valence-corrected chi connectivity index (χ2v) is 3.16. The van der Waals surface area contributed by atoms with E-state index < -0.39 is 0 Å². The molecule has 7 heteroatoms. The van der Waals surface area contributed by atoms with Crippen LogP contribution < -0.4 is 5.73 Å². The molecule has 0 aliphatic heterocycles. The highest BCUT2D eigenvalue weighted by Crippen LogP contribution is 2.13. The molecule has 16 heavy (non-hydrogen) atoms. The number of nitrogens with zero attached hydrogens (tertiary/aromatic N) is 4. The van der Waals surface area contributed by atoms with Crippen molar-refractivity contribution >= 4 is 17.8 Å². The Morgan fingerprint density at radius 3 is 2.69 bits per heavy atom. The molecule has 1 heterocycles. The van der Waals surface area contributed by atoms with E-state index in [2.05, 4.69) is 15.2 Å². The van der Waals surface area contributed by atoms with Crippen molar-refractivity contribution in [3.05, 3.63) is 27.8 Å². The number of aliphatic imine (C=N–C) groups is 1. The number of aryl methyl sites for hydroxylation is 1. The predicted octanol–water partition coefficient (Wildman–Crippen LogP) is 1.01. The molecule has 80 valence electrons. The van der Waals surface area contributed by atoms with Crippen molar-refractivity contribution in [1.82, 2.24) is 10.2 Å². The third-order valence-electron chi connectivity index (χ3n) is 1.75. The smallest absolute Gasteiger partial charge is 0.174 e. The zero-order valence-electron chi connectivity index (χ0n) is 8.32.